The Morgan fingerprint density at radius 1 is 1.05 bits per heavy atom. The first-order valence-electron chi connectivity index (χ1n) is 7.50. The quantitative estimate of drug-likeness (QED) is 0.786. The number of hydrogen-bond donors (Lipinski definition) is 1. The summed E-state index contributed by atoms with van der Waals surface area (Å²) in [6.45, 7) is 2.66. The zero-order chi connectivity index (χ0) is 15.5. The molecule has 0 saturated heterocycles. The molecular weight excluding hydrogens is 272 g/mol. The largest absolute Gasteiger partial charge is 0.352 e. The third-order valence-electron chi connectivity index (χ3n) is 4.20. The van der Waals surface area contributed by atoms with E-state index in [0.717, 1.165) is 5.56 Å². The van der Waals surface area contributed by atoms with E-state index in [1.54, 1.807) is 0 Å². The van der Waals surface area contributed by atoms with Crippen LogP contribution >= 0.6 is 0 Å². The SMILES string of the molecule is Cc1c(CNC(=O)Cc2ccccc2)c2ccccc2n1C. The molecule has 0 radical (unpaired) electrons. The molecule has 1 amide bonds. The van der Waals surface area contributed by atoms with Crippen LogP contribution in [0.15, 0.2) is 54.6 Å². The molecule has 112 valence electrons. The summed E-state index contributed by atoms with van der Waals surface area (Å²) in [5.41, 5.74) is 4.63. The maximum Gasteiger partial charge on any atom is 0.224 e. The first-order valence-corrected chi connectivity index (χ1v) is 7.50. The number of aromatic nitrogens is 1. The number of nitrogens with zero attached hydrogens (tertiary/aromatic N) is 1. The Balaban J connectivity index is 1.74. The van der Waals surface area contributed by atoms with Crippen LogP contribution in [0.25, 0.3) is 10.9 Å². The van der Waals surface area contributed by atoms with Gasteiger partial charge >= 0.3 is 0 Å². The molecule has 1 N–H and O–H groups in total. The third-order valence-corrected chi connectivity index (χ3v) is 4.20. The van der Waals surface area contributed by atoms with Crippen LogP contribution in [0, 0.1) is 6.92 Å². The van der Waals surface area contributed by atoms with Crippen molar-refractivity contribution in [3.63, 3.8) is 0 Å². The van der Waals surface area contributed by atoms with Gasteiger partial charge in [0.15, 0.2) is 0 Å². The van der Waals surface area contributed by atoms with Gasteiger partial charge in [-0.2, -0.15) is 0 Å². The van der Waals surface area contributed by atoms with Gasteiger partial charge in [-0.15, -0.1) is 0 Å². The first-order chi connectivity index (χ1) is 10.7. The Morgan fingerprint density at radius 2 is 1.73 bits per heavy atom. The number of aryl methyl sites for hydroxylation is 1. The molecule has 0 fully saturated rings. The molecule has 3 nitrogen and oxygen atoms in total. The van der Waals surface area contributed by atoms with Gasteiger partial charge in [0.2, 0.25) is 5.91 Å². The maximum absolute atomic E-state index is 12.1. The van der Waals surface area contributed by atoms with E-state index in [1.807, 2.05) is 42.5 Å². The van der Waals surface area contributed by atoms with E-state index in [4.69, 9.17) is 0 Å². The van der Waals surface area contributed by atoms with Gasteiger partial charge < -0.3 is 9.88 Å². The number of rotatable bonds is 4. The van der Waals surface area contributed by atoms with E-state index in [9.17, 15) is 4.79 Å². The lowest BCUT2D eigenvalue weighted by Gasteiger charge is -2.06. The van der Waals surface area contributed by atoms with Crippen LogP contribution in [0.2, 0.25) is 0 Å². The van der Waals surface area contributed by atoms with Crippen molar-refractivity contribution in [3.8, 4) is 0 Å². The van der Waals surface area contributed by atoms with Crippen LogP contribution in [0.4, 0.5) is 0 Å². The van der Waals surface area contributed by atoms with Crippen LogP contribution in [-0.2, 0) is 24.8 Å². The number of fused-ring (bicyclic) bond motifs is 1. The van der Waals surface area contributed by atoms with Gasteiger partial charge in [-0.1, -0.05) is 48.5 Å². The van der Waals surface area contributed by atoms with Crippen LogP contribution < -0.4 is 5.32 Å². The van der Waals surface area contributed by atoms with Crippen molar-refractivity contribution in [1.82, 2.24) is 9.88 Å². The summed E-state index contributed by atoms with van der Waals surface area (Å²) in [4.78, 5) is 12.1. The molecule has 3 aromatic rings. The molecule has 0 unspecified atom stereocenters. The Labute approximate surface area is 130 Å². The average molecular weight is 292 g/mol. The summed E-state index contributed by atoms with van der Waals surface area (Å²) < 4.78 is 2.17. The second kappa shape index (κ2) is 6.06. The Kier molecular flexibility index (Phi) is 3.96. The van der Waals surface area contributed by atoms with Crippen molar-refractivity contribution in [2.45, 2.75) is 19.9 Å². The molecule has 0 aliphatic rings. The van der Waals surface area contributed by atoms with Crippen molar-refractivity contribution in [2.24, 2.45) is 7.05 Å². The Morgan fingerprint density at radius 3 is 2.50 bits per heavy atom. The highest BCUT2D eigenvalue weighted by atomic mass is 16.1. The molecule has 22 heavy (non-hydrogen) atoms. The monoisotopic (exact) mass is 292 g/mol. The average Bonchev–Trinajstić information content (AvgIpc) is 2.78. The molecule has 0 atom stereocenters. The minimum atomic E-state index is 0.0542. The van der Waals surface area contributed by atoms with E-state index in [-0.39, 0.29) is 5.91 Å². The van der Waals surface area contributed by atoms with E-state index < -0.39 is 0 Å². The van der Waals surface area contributed by atoms with Crippen LogP contribution in [0.5, 0.6) is 0 Å². The Hall–Kier alpha value is -2.55. The van der Waals surface area contributed by atoms with Crippen LogP contribution in [0.1, 0.15) is 16.8 Å². The lowest BCUT2D eigenvalue weighted by atomic mass is 10.1. The molecule has 1 heterocycles. The van der Waals surface area contributed by atoms with E-state index in [1.165, 1.54) is 22.2 Å². The molecule has 0 aliphatic carbocycles. The molecule has 3 heteroatoms. The van der Waals surface area contributed by atoms with Gasteiger partial charge in [-0.25, -0.2) is 0 Å². The van der Waals surface area contributed by atoms with E-state index in [0.29, 0.717) is 13.0 Å². The minimum Gasteiger partial charge on any atom is -0.352 e. The fourth-order valence-corrected chi connectivity index (χ4v) is 2.85. The maximum atomic E-state index is 12.1. The predicted molar refractivity (Wildman–Crippen MR) is 89.6 cm³/mol. The summed E-state index contributed by atoms with van der Waals surface area (Å²) >= 11 is 0. The van der Waals surface area contributed by atoms with E-state index in [2.05, 4.69) is 36.0 Å². The lowest BCUT2D eigenvalue weighted by molar-refractivity contribution is -0.120. The number of benzene rings is 2. The molecule has 1 aromatic heterocycles. The molecule has 0 bridgehead atoms. The standard InChI is InChI=1S/C19H20N2O/c1-14-17(16-10-6-7-11-18(16)21(14)2)13-20-19(22)12-15-8-4-3-5-9-15/h3-11H,12-13H2,1-2H3,(H,20,22). The second-order valence-corrected chi connectivity index (χ2v) is 5.58. The van der Waals surface area contributed by atoms with Gasteiger partial charge in [-0.05, 0) is 24.1 Å². The molecule has 0 saturated carbocycles. The first kappa shape index (κ1) is 14.4. The summed E-state index contributed by atoms with van der Waals surface area (Å²) in [6, 6.07) is 18.1. The van der Waals surface area contributed by atoms with Gasteiger partial charge in [0.05, 0.1) is 6.42 Å². The summed E-state index contributed by atoms with van der Waals surface area (Å²) in [6.07, 6.45) is 0.421. The smallest absolute Gasteiger partial charge is 0.224 e. The highest BCUT2D eigenvalue weighted by Crippen LogP contribution is 2.24. The van der Waals surface area contributed by atoms with Gasteiger partial charge in [0, 0.05) is 30.2 Å². The van der Waals surface area contributed by atoms with Crippen LogP contribution in [-0.4, -0.2) is 10.5 Å². The normalized spacial score (nSPS) is 10.8. The third kappa shape index (κ3) is 2.75. The van der Waals surface area contributed by atoms with Crippen LogP contribution in [0.3, 0.4) is 0 Å². The van der Waals surface area contributed by atoms with Crippen molar-refractivity contribution < 1.29 is 4.79 Å². The number of para-hydroxylation sites is 1. The van der Waals surface area contributed by atoms with Gasteiger partial charge in [0.1, 0.15) is 0 Å². The fraction of sp³-hybridized carbons (Fsp3) is 0.211. The minimum absolute atomic E-state index is 0.0542. The van der Waals surface area contributed by atoms with Crippen molar-refractivity contribution in [2.75, 3.05) is 0 Å². The van der Waals surface area contributed by atoms with Crippen molar-refractivity contribution in [1.29, 1.82) is 0 Å². The van der Waals surface area contributed by atoms with Crippen molar-refractivity contribution >= 4 is 16.8 Å². The zero-order valence-electron chi connectivity index (χ0n) is 13.0. The highest BCUT2D eigenvalue weighted by molar-refractivity contribution is 5.86. The van der Waals surface area contributed by atoms with Crippen molar-refractivity contribution in [3.05, 3.63) is 71.4 Å². The number of carbonyl (C=O) groups is 1. The van der Waals surface area contributed by atoms with E-state index >= 15 is 0 Å². The highest BCUT2D eigenvalue weighted by Gasteiger charge is 2.12. The number of nitrogens with one attached hydrogen (secondary N) is 1. The number of hydrogen-bond acceptors (Lipinski definition) is 1. The molecule has 3 rings (SSSR count). The number of amides is 1. The molecule has 2 aromatic carbocycles. The summed E-state index contributed by atoms with van der Waals surface area (Å²) in [5, 5.41) is 4.25. The molecule has 0 aliphatic heterocycles. The fourth-order valence-electron chi connectivity index (χ4n) is 2.85. The second-order valence-electron chi connectivity index (χ2n) is 5.58. The van der Waals surface area contributed by atoms with Gasteiger partial charge in [-0.3, -0.25) is 4.79 Å². The predicted octanol–water partition coefficient (Wildman–Crippen LogP) is 3.35. The number of carbonyl (C=O) groups excluding carboxylic acids is 1. The zero-order valence-corrected chi connectivity index (χ0v) is 13.0. The topological polar surface area (TPSA) is 34.0 Å². The Bertz CT molecular complexity index is 803. The summed E-state index contributed by atoms with van der Waals surface area (Å²) in [5.74, 6) is 0.0542. The molecule has 0 spiro atoms. The summed E-state index contributed by atoms with van der Waals surface area (Å²) in [7, 11) is 2.06. The molecular formula is C19H20N2O. The van der Waals surface area contributed by atoms with Gasteiger partial charge in [0.25, 0.3) is 0 Å². The lowest BCUT2D eigenvalue weighted by Crippen LogP contribution is -2.24.